The van der Waals surface area contributed by atoms with Gasteiger partial charge in [0.05, 0.1) is 5.69 Å². The predicted molar refractivity (Wildman–Crippen MR) is 133 cm³/mol. The van der Waals surface area contributed by atoms with Gasteiger partial charge in [-0.3, -0.25) is 14.7 Å². The van der Waals surface area contributed by atoms with E-state index in [1.54, 1.807) is 13.1 Å². The second-order valence-electron chi connectivity index (χ2n) is 8.16. The fraction of sp³-hybridized carbons (Fsp3) is 0.154. The summed E-state index contributed by atoms with van der Waals surface area (Å²) in [4.78, 5) is 31.7. The number of carbonyl (C=O) groups is 2. The Morgan fingerprint density at radius 1 is 1.14 bits per heavy atom. The summed E-state index contributed by atoms with van der Waals surface area (Å²) in [5.41, 5.74) is 3.33. The summed E-state index contributed by atoms with van der Waals surface area (Å²) >= 11 is 6.35. The van der Waals surface area contributed by atoms with Crippen molar-refractivity contribution in [2.45, 2.75) is 12.5 Å². The average Bonchev–Trinajstić information content (AvgIpc) is 3.31. The van der Waals surface area contributed by atoms with Crippen LogP contribution in [0.2, 0.25) is 5.02 Å². The first-order valence-corrected chi connectivity index (χ1v) is 11.4. The fourth-order valence-corrected chi connectivity index (χ4v) is 4.20. The molecule has 0 fully saturated rings. The van der Waals surface area contributed by atoms with Crippen molar-refractivity contribution in [2.75, 3.05) is 18.6 Å². The summed E-state index contributed by atoms with van der Waals surface area (Å²) in [5, 5.41) is 10.1. The van der Waals surface area contributed by atoms with Crippen molar-refractivity contribution in [3.05, 3.63) is 95.0 Å². The normalized spacial score (nSPS) is 15.2. The van der Waals surface area contributed by atoms with Crippen molar-refractivity contribution in [1.82, 2.24) is 20.5 Å². The molecule has 3 aromatic carbocycles. The van der Waals surface area contributed by atoms with Crippen LogP contribution in [0.4, 0.5) is 5.69 Å². The highest BCUT2D eigenvalue weighted by molar-refractivity contribution is 6.33. The zero-order valence-corrected chi connectivity index (χ0v) is 19.6. The molecule has 9 heteroatoms. The third kappa shape index (κ3) is 4.74. The van der Waals surface area contributed by atoms with Gasteiger partial charge in [0.25, 0.3) is 11.8 Å². The smallest absolute Gasteiger partial charge is 0.291 e. The molecule has 4 aromatic rings. The van der Waals surface area contributed by atoms with E-state index in [4.69, 9.17) is 16.3 Å². The third-order valence-corrected chi connectivity index (χ3v) is 6.12. The number of rotatable bonds is 5. The molecular weight excluding hydrogens is 466 g/mol. The van der Waals surface area contributed by atoms with Gasteiger partial charge in [0, 0.05) is 24.1 Å². The van der Waals surface area contributed by atoms with Gasteiger partial charge in [-0.15, -0.1) is 5.10 Å². The highest BCUT2D eigenvalue weighted by Gasteiger charge is 2.32. The van der Waals surface area contributed by atoms with E-state index in [0.717, 1.165) is 16.7 Å². The summed E-state index contributed by atoms with van der Waals surface area (Å²) in [6.45, 7) is -0.0192. The van der Waals surface area contributed by atoms with Crippen LogP contribution in [0.15, 0.2) is 72.8 Å². The molecule has 0 saturated carbocycles. The molecule has 5 rings (SSSR count). The molecule has 2 heterocycles. The Balaban J connectivity index is 1.31. The van der Waals surface area contributed by atoms with E-state index >= 15 is 0 Å². The van der Waals surface area contributed by atoms with Crippen LogP contribution >= 0.6 is 11.6 Å². The van der Waals surface area contributed by atoms with Crippen LogP contribution in [0.25, 0.3) is 11.1 Å². The summed E-state index contributed by atoms with van der Waals surface area (Å²) in [7, 11) is 1.65. The van der Waals surface area contributed by atoms with Crippen LogP contribution < -0.4 is 15.0 Å². The minimum absolute atomic E-state index is 0.0192. The molecule has 0 aliphatic carbocycles. The van der Waals surface area contributed by atoms with Crippen LogP contribution in [0.1, 0.15) is 22.0 Å². The van der Waals surface area contributed by atoms with Crippen molar-refractivity contribution >= 4 is 29.1 Å². The Morgan fingerprint density at radius 3 is 2.71 bits per heavy atom. The Hall–Kier alpha value is -4.17. The van der Waals surface area contributed by atoms with E-state index in [2.05, 4.69) is 20.5 Å². The molecule has 0 radical (unpaired) electrons. The Kier molecular flexibility index (Phi) is 6.20. The highest BCUT2D eigenvalue weighted by Crippen LogP contribution is 2.37. The van der Waals surface area contributed by atoms with Gasteiger partial charge in [-0.2, -0.15) is 0 Å². The number of carbonyl (C=O) groups excluding carboxylic acids is 2. The number of fused-ring (bicyclic) bond motifs is 1. The lowest BCUT2D eigenvalue weighted by Crippen LogP contribution is -2.49. The minimum Gasteiger partial charge on any atom is -0.489 e. The van der Waals surface area contributed by atoms with E-state index in [1.807, 2.05) is 66.7 Å². The first-order valence-electron chi connectivity index (χ1n) is 11.0. The molecule has 0 saturated heterocycles. The van der Waals surface area contributed by atoms with Crippen LogP contribution in [0.3, 0.4) is 0 Å². The van der Waals surface area contributed by atoms with Crippen molar-refractivity contribution in [2.24, 2.45) is 0 Å². The average molecular weight is 488 g/mol. The number of halogens is 1. The number of likely N-dealkylation sites (N-methyl/N-ethyl adjacent to an activating group) is 1. The van der Waals surface area contributed by atoms with Crippen molar-refractivity contribution in [3.8, 4) is 16.9 Å². The number of aromatic nitrogens is 3. The Bertz CT molecular complexity index is 1390. The van der Waals surface area contributed by atoms with Gasteiger partial charge >= 0.3 is 0 Å². The topological polar surface area (TPSA) is 100 Å². The lowest BCUT2D eigenvalue weighted by molar-refractivity contribution is -0.120. The minimum atomic E-state index is -0.903. The molecule has 35 heavy (non-hydrogen) atoms. The molecule has 0 spiro atoms. The number of benzene rings is 3. The lowest BCUT2D eigenvalue weighted by atomic mass is 10.0. The predicted octanol–water partition coefficient (Wildman–Crippen LogP) is 3.87. The van der Waals surface area contributed by atoms with Crippen molar-refractivity contribution in [3.63, 3.8) is 0 Å². The number of ether oxygens (including phenoxy) is 1. The van der Waals surface area contributed by atoms with Crippen molar-refractivity contribution in [1.29, 1.82) is 0 Å². The summed E-state index contributed by atoms with van der Waals surface area (Å²) in [6, 6.07) is 21.9. The molecule has 2 amide bonds. The highest BCUT2D eigenvalue weighted by atomic mass is 35.5. The number of nitrogens with zero attached hydrogens (tertiary/aromatic N) is 3. The monoisotopic (exact) mass is 487 g/mol. The largest absolute Gasteiger partial charge is 0.489 e. The first-order chi connectivity index (χ1) is 17.0. The maximum atomic E-state index is 13.2. The fourth-order valence-electron chi connectivity index (χ4n) is 3.95. The molecule has 1 aliphatic rings. The van der Waals surface area contributed by atoms with Crippen LogP contribution in [-0.4, -0.2) is 46.7 Å². The van der Waals surface area contributed by atoms with E-state index in [0.29, 0.717) is 28.7 Å². The number of H-pyrrole nitrogens is 1. The van der Waals surface area contributed by atoms with Crippen molar-refractivity contribution < 1.29 is 14.3 Å². The van der Waals surface area contributed by atoms with E-state index in [1.165, 1.54) is 4.90 Å². The molecule has 0 bridgehead atoms. The molecule has 0 unspecified atom stereocenters. The number of nitrogens with one attached hydrogen (secondary N) is 2. The summed E-state index contributed by atoms with van der Waals surface area (Å²) < 4.78 is 5.89. The number of amides is 2. The molecule has 1 aromatic heterocycles. The molecule has 2 N–H and O–H groups in total. The summed E-state index contributed by atoms with van der Waals surface area (Å²) in [5.74, 6) is 0.194. The number of anilines is 1. The van der Waals surface area contributed by atoms with Crippen LogP contribution in [-0.2, 0) is 11.2 Å². The van der Waals surface area contributed by atoms with Gasteiger partial charge in [-0.05, 0) is 29.3 Å². The molecule has 8 nitrogen and oxygen atoms in total. The number of aromatic amines is 1. The van der Waals surface area contributed by atoms with E-state index in [-0.39, 0.29) is 18.3 Å². The van der Waals surface area contributed by atoms with E-state index in [9.17, 15) is 9.59 Å². The van der Waals surface area contributed by atoms with Gasteiger partial charge in [0.1, 0.15) is 24.2 Å². The van der Waals surface area contributed by atoms with Crippen LogP contribution in [0, 0.1) is 0 Å². The van der Waals surface area contributed by atoms with Gasteiger partial charge in [-0.25, -0.2) is 4.98 Å². The van der Waals surface area contributed by atoms with E-state index < -0.39 is 11.9 Å². The molecule has 176 valence electrons. The van der Waals surface area contributed by atoms with Gasteiger partial charge < -0.3 is 15.0 Å². The zero-order chi connectivity index (χ0) is 24.4. The van der Waals surface area contributed by atoms with Crippen LogP contribution in [0.5, 0.6) is 5.75 Å². The molecule has 1 aliphatic heterocycles. The second kappa shape index (κ2) is 9.60. The lowest BCUT2D eigenvalue weighted by Gasteiger charge is -2.20. The second-order valence-corrected chi connectivity index (χ2v) is 8.57. The summed E-state index contributed by atoms with van der Waals surface area (Å²) in [6.07, 6.45) is 0.512. The SMILES string of the molecule is CN1C(=O)[C@@H](NC(=O)c2n[nH]c(Cc3ccccc3)n2)COc2ccc(-c3ccccc3Cl)cc21. The van der Waals surface area contributed by atoms with Gasteiger partial charge in [-0.1, -0.05) is 66.2 Å². The Morgan fingerprint density at radius 2 is 1.91 bits per heavy atom. The standard InChI is InChI=1S/C26H22ClN5O3/c1-32-21-14-17(18-9-5-6-10-19(18)27)11-12-22(21)35-15-20(26(32)34)28-25(33)24-29-23(30-31-24)13-16-7-3-2-4-8-16/h2-12,14,20H,13,15H2,1H3,(H,28,33)(H,29,30,31)/t20-/m0/s1. The molecular formula is C26H22ClN5O3. The maximum Gasteiger partial charge on any atom is 0.291 e. The first kappa shape index (κ1) is 22.6. The van der Waals surface area contributed by atoms with Gasteiger partial charge in [0.15, 0.2) is 0 Å². The maximum absolute atomic E-state index is 13.2. The number of hydrogen-bond donors (Lipinski definition) is 2. The zero-order valence-electron chi connectivity index (χ0n) is 18.9. The molecule has 1 atom stereocenters. The quantitative estimate of drug-likeness (QED) is 0.445. The van der Waals surface area contributed by atoms with Gasteiger partial charge in [0.2, 0.25) is 5.82 Å². The number of hydrogen-bond acceptors (Lipinski definition) is 5. The third-order valence-electron chi connectivity index (χ3n) is 5.79. The Labute approximate surface area is 206 Å².